The van der Waals surface area contributed by atoms with Crippen LogP contribution in [0.2, 0.25) is 0 Å². The fourth-order valence-corrected chi connectivity index (χ4v) is 2.87. The molecular weight excluding hydrogens is 352 g/mol. The Kier molecular flexibility index (Phi) is 5.02. The quantitative estimate of drug-likeness (QED) is 0.627. The zero-order valence-corrected chi connectivity index (χ0v) is 13.5. The van der Waals surface area contributed by atoms with Crippen molar-refractivity contribution in [3.05, 3.63) is 69.7 Å². The summed E-state index contributed by atoms with van der Waals surface area (Å²) in [6.07, 6.45) is 1.07. The maximum Gasteiger partial charge on any atom is 0.0175 e. The summed E-state index contributed by atoms with van der Waals surface area (Å²) in [5.74, 6) is 0.534. The number of benzene rings is 2. The number of halogens is 2. The Morgan fingerprint density at radius 3 is 2.11 bits per heavy atom. The van der Waals surface area contributed by atoms with E-state index < -0.39 is 0 Å². The lowest BCUT2D eigenvalue weighted by Gasteiger charge is -2.15. The van der Waals surface area contributed by atoms with Gasteiger partial charge in [-0.1, -0.05) is 73.8 Å². The summed E-state index contributed by atoms with van der Waals surface area (Å²) in [6.45, 7) is 2.13. The molecule has 1 unspecified atom stereocenters. The van der Waals surface area contributed by atoms with E-state index in [9.17, 15) is 0 Å². The first-order chi connectivity index (χ1) is 8.69. The van der Waals surface area contributed by atoms with Gasteiger partial charge < -0.3 is 0 Å². The highest BCUT2D eigenvalue weighted by Crippen LogP contribution is 2.24. The molecule has 2 heteroatoms. The molecule has 2 rings (SSSR count). The molecule has 2 aromatic carbocycles. The van der Waals surface area contributed by atoms with Gasteiger partial charge in [0.1, 0.15) is 0 Å². The van der Waals surface area contributed by atoms with Crippen molar-refractivity contribution in [2.24, 2.45) is 0 Å². The van der Waals surface area contributed by atoms with Gasteiger partial charge in [0.15, 0.2) is 0 Å². The lowest BCUT2D eigenvalue weighted by molar-refractivity contribution is 0.775. The number of rotatable bonds is 4. The van der Waals surface area contributed by atoms with Gasteiger partial charge in [0.25, 0.3) is 0 Å². The van der Waals surface area contributed by atoms with Crippen molar-refractivity contribution in [1.82, 2.24) is 0 Å². The van der Waals surface area contributed by atoms with Crippen molar-refractivity contribution >= 4 is 31.9 Å². The summed E-state index contributed by atoms with van der Waals surface area (Å²) in [5.41, 5.74) is 4.10. The average molecular weight is 368 g/mol. The molecule has 0 aromatic heterocycles. The van der Waals surface area contributed by atoms with Crippen LogP contribution in [0.25, 0.3) is 0 Å². The highest BCUT2D eigenvalue weighted by Gasteiger charge is 2.10. The minimum Gasteiger partial charge on any atom is -0.0921 e. The first-order valence-electron chi connectivity index (χ1n) is 6.06. The summed E-state index contributed by atoms with van der Waals surface area (Å²) >= 11 is 7.11. The number of hydrogen-bond donors (Lipinski definition) is 0. The second-order valence-electron chi connectivity index (χ2n) is 4.59. The van der Waals surface area contributed by atoms with Crippen LogP contribution in [0.1, 0.15) is 22.6 Å². The lowest BCUT2D eigenvalue weighted by atomic mass is 9.93. The van der Waals surface area contributed by atoms with Gasteiger partial charge in [-0.2, -0.15) is 0 Å². The van der Waals surface area contributed by atoms with Gasteiger partial charge in [0, 0.05) is 9.80 Å². The summed E-state index contributed by atoms with van der Waals surface area (Å²) in [5, 5.41) is 0.992. The molecule has 0 spiro atoms. The molecule has 0 heterocycles. The maximum atomic E-state index is 3.63. The third kappa shape index (κ3) is 3.69. The van der Waals surface area contributed by atoms with E-state index in [-0.39, 0.29) is 0 Å². The van der Waals surface area contributed by atoms with Gasteiger partial charge in [0.05, 0.1) is 0 Å². The summed E-state index contributed by atoms with van der Waals surface area (Å²) in [6, 6.07) is 17.4. The third-order valence-electron chi connectivity index (χ3n) is 3.13. The Hall–Kier alpha value is -0.600. The molecule has 94 valence electrons. The highest BCUT2D eigenvalue weighted by atomic mass is 79.9. The van der Waals surface area contributed by atoms with Crippen LogP contribution in [0.4, 0.5) is 0 Å². The van der Waals surface area contributed by atoms with Crippen LogP contribution in [-0.4, -0.2) is 5.33 Å². The molecule has 0 nitrogen and oxygen atoms in total. The van der Waals surface area contributed by atoms with Crippen molar-refractivity contribution in [2.45, 2.75) is 19.3 Å². The van der Waals surface area contributed by atoms with Gasteiger partial charge in [0.2, 0.25) is 0 Å². The Balaban J connectivity index is 2.14. The van der Waals surface area contributed by atoms with Crippen LogP contribution in [0.5, 0.6) is 0 Å². The molecule has 0 radical (unpaired) electrons. The molecule has 0 saturated carbocycles. The molecule has 0 saturated heterocycles. The van der Waals surface area contributed by atoms with Crippen molar-refractivity contribution in [3.63, 3.8) is 0 Å². The van der Waals surface area contributed by atoms with Crippen LogP contribution < -0.4 is 0 Å². The Bertz CT molecular complexity index is 486. The molecule has 0 bridgehead atoms. The number of aryl methyl sites for hydroxylation is 1. The Morgan fingerprint density at radius 1 is 0.944 bits per heavy atom. The largest absolute Gasteiger partial charge is 0.0921 e. The summed E-state index contributed by atoms with van der Waals surface area (Å²) in [4.78, 5) is 0. The topological polar surface area (TPSA) is 0 Å². The van der Waals surface area contributed by atoms with E-state index in [4.69, 9.17) is 0 Å². The van der Waals surface area contributed by atoms with Crippen LogP contribution in [-0.2, 0) is 6.42 Å². The molecule has 1 atom stereocenters. The number of hydrogen-bond acceptors (Lipinski definition) is 0. The van der Waals surface area contributed by atoms with Gasteiger partial charge in [-0.15, -0.1) is 0 Å². The molecular formula is C16H16Br2. The zero-order valence-electron chi connectivity index (χ0n) is 10.4. The SMILES string of the molecule is Cc1ccc(C(CBr)Cc2ccc(Br)cc2)cc1. The van der Waals surface area contributed by atoms with Crippen LogP contribution in [0, 0.1) is 6.92 Å². The second kappa shape index (κ2) is 6.53. The minimum absolute atomic E-state index is 0.534. The van der Waals surface area contributed by atoms with Crippen LogP contribution >= 0.6 is 31.9 Å². The van der Waals surface area contributed by atoms with E-state index in [1.54, 1.807) is 0 Å². The van der Waals surface area contributed by atoms with E-state index in [2.05, 4.69) is 87.3 Å². The number of alkyl halides is 1. The van der Waals surface area contributed by atoms with Crippen molar-refractivity contribution in [1.29, 1.82) is 0 Å². The molecule has 2 aromatic rings. The molecule has 0 amide bonds. The standard InChI is InChI=1S/C16H16Br2/c1-12-2-6-14(7-3-12)15(11-17)10-13-4-8-16(18)9-5-13/h2-9,15H,10-11H2,1H3. The third-order valence-corrected chi connectivity index (χ3v) is 4.44. The Labute approximate surface area is 126 Å². The van der Waals surface area contributed by atoms with Gasteiger partial charge in [-0.3, -0.25) is 0 Å². The van der Waals surface area contributed by atoms with Gasteiger partial charge in [-0.05, 0) is 42.5 Å². The minimum atomic E-state index is 0.534. The predicted molar refractivity (Wildman–Crippen MR) is 85.6 cm³/mol. The molecule has 18 heavy (non-hydrogen) atoms. The normalized spacial score (nSPS) is 12.4. The average Bonchev–Trinajstić information content (AvgIpc) is 2.39. The highest BCUT2D eigenvalue weighted by molar-refractivity contribution is 9.10. The van der Waals surface area contributed by atoms with E-state index >= 15 is 0 Å². The monoisotopic (exact) mass is 366 g/mol. The molecule has 0 aliphatic heterocycles. The van der Waals surface area contributed by atoms with E-state index in [0.717, 1.165) is 16.2 Å². The predicted octanol–water partition coefficient (Wildman–Crippen LogP) is 5.48. The molecule has 0 N–H and O–H groups in total. The van der Waals surface area contributed by atoms with E-state index in [1.807, 2.05) is 0 Å². The van der Waals surface area contributed by atoms with Gasteiger partial charge in [-0.25, -0.2) is 0 Å². The van der Waals surface area contributed by atoms with Crippen molar-refractivity contribution in [2.75, 3.05) is 5.33 Å². The first kappa shape index (κ1) is 13.8. The van der Waals surface area contributed by atoms with Crippen molar-refractivity contribution < 1.29 is 0 Å². The lowest BCUT2D eigenvalue weighted by Crippen LogP contribution is -2.04. The van der Waals surface area contributed by atoms with E-state index in [1.165, 1.54) is 16.7 Å². The fraction of sp³-hybridized carbons (Fsp3) is 0.250. The summed E-state index contributed by atoms with van der Waals surface area (Å²) in [7, 11) is 0. The van der Waals surface area contributed by atoms with Crippen LogP contribution in [0.15, 0.2) is 53.0 Å². The fourth-order valence-electron chi connectivity index (χ4n) is 2.01. The molecule has 0 fully saturated rings. The molecule has 0 aliphatic carbocycles. The van der Waals surface area contributed by atoms with Gasteiger partial charge >= 0.3 is 0 Å². The molecule has 0 aliphatic rings. The Morgan fingerprint density at radius 2 is 1.56 bits per heavy atom. The smallest absolute Gasteiger partial charge is 0.0175 e. The second-order valence-corrected chi connectivity index (χ2v) is 6.16. The van der Waals surface area contributed by atoms with Crippen molar-refractivity contribution in [3.8, 4) is 0 Å². The van der Waals surface area contributed by atoms with Crippen LogP contribution in [0.3, 0.4) is 0 Å². The first-order valence-corrected chi connectivity index (χ1v) is 7.97. The summed E-state index contributed by atoms with van der Waals surface area (Å²) < 4.78 is 1.14. The van der Waals surface area contributed by atoms with E-state index in [0.29, 0.717) is 5.92 Å². The zero-order chi connectivity index (χ0) is 13.0. The maximum absolute atomic E-state index is 3.63.